The second-order valence-electron chi connectivity index (χ2n) is 7.51. The predicted molar refractivity (Wildman–Crippen MR) is 111 cm³/mol. The van der Waals surface area contributed by atoms with E-state index in [0.717, 1.165) is 29.0 Å². The number of carbonyl (C=O) groups excluding carboxylic acids is 2. The van der Waals surface area contributed by atoms with Gasteiger partial charge in [-0.2, -0.15) is 0 Å². The fraction of sp³-hybridized carbons (Fsp3) is 0.391. The molecule has 0 aromatic heterocycles. The highest BCUT2D eigenvalue weighted by Crippen LogP contribution is 2.32. The van der Waals surface area contributed by atoms with Gasteiger partial charge in [-0.3, -0.25) is 9.59 Å². The zero-order valence-corrected chi connectivity index (χ0v) is 16.8. The normalized spacial score (nSPS) is 16.5. The molecule has 0 radical (unpaired) electrons. The quantitative estimate of drug-likeness (QED) is 0.799. The first kappa shape index (κ1) is 19.9. The number of benzene rings is 2. The lowest BCUT2D eigenvalue weighted by Gasteiger charge is -2.22. The monoisotopic (exact) mass is 380 g/mol. The number of hydrogen-bond acceptors (Lipinski definition) is 3. The standard InChI is InChI=1S/C23H28N2O3/c1-16(2)20-6-4-5-7-21(20)25-15-18(14-22(25)26)23(27)24-13-12-17-8-10-19(28-3)11-9-17/h4-11,16,18H,12-15H2,1-3H3,(H,24,27). The summed E-state index contributed by atoms with van der Waals surface area (Å²) in [7, 11) is 1.64. The van der Waals surface area contributed by atoms with E-state index in [-0.39, 0.29) is 24.2 Å². The number of amides is 2. The smallest absolute Gasteiger partial charge is 0.227 e. The summed E-state index contributed by atoms with van der Waals surface area (Å²) in [6.07, 6.45) is 1.01. The second kappa shape index (κ2) is 8.91. The molecule has 2 aromatic rings. The van der Waals surface area contributed by atoms with E-state index in [4.69, 9.17) is 4.74 Å². The van der Waals surface area contributed by atoms with E-state index >= 15 is 0 Å². The van der Waals surface area contributed by atoms with Crippen molar-refractivity contribution in [3.8, 4) is 5.75 Å². The van der Waals surface area contributed by atoms with E-state index in [1.54, 1.807) is 12.0 Å². The number of rotatable bonds is 7. The Morgan fingerprint density at radius 2 is 1.89 bits per heavy atom. The topological polar surface area (TPSA) is 58.6 Å². The third-order valence-electron chi connectivity index (χ3n) is 5.22. The zero-order valence-electron chi connectivity index (χ0n) is 16.8. The van der Waals surface area contributed by atoms with Gasteiger partial charge in [0.25, 0.3) is 0 Å². The first-order chi connectivity index (χ1) is 13.5. The summed E-state index contributed by atoms with van der Waals surface area (Å²) in [5, 5.41) is 2.98. The molecular formula is C23H28N2O3. The lowest BCUT2D eigenvalue weighted by molar-refractivity contribution is -0.126. The SMILES string of the molecule is COc1ccc(CCNC(=O)C2CC(=O)N(c3ccccc3C(C)C)C2)cc1. The minimum atomic E-state index is -0.302. The summed E-state index contributed by atoms with van der Waals surface area (Å²) in [4.78, 5) is 26.9. The number of carbonyl (C=O) groups is 2. The van der Waals surface area contributed by atoms with Crippen molar-refractivity contribution < 1.29 is 14.3 Å². The van der Waals surface area contributed by atoms with Crippen LogP contribution < -0.4 is 15.0 Å². The third kappa shape index (κ3) is 4.53. The van der Waals surface area contributed by atoms with Crippen molar-refractivity contribution in [2.75, 3.05) is 25.1 Å². The molecule has 148 valence electrons. The Labute approximate surface area is 166 Å². The van der Waals surface area contributed by atoms with Gasteiger partial charge < -0.3 is 15.0 Å². The molecule has 0 spiro atoms. The van der Waals surface area contributed by atoms with E-state index < -0.39 is 0 Å². The number of anilines is 1. The van der Waals surface area contributed by atoms with Crippen LogP contribution in [-0.2, 0) is 16.0 Å². The molecular weight excluding hydrogens is 352 g/mol. The molecule has 2 aromatic carbocycles. The summed E-state index contributed by atoms with van der Waals surface area (Å²) < 4.78 is 5.15. The molecule has 2 amide bonds. The van der Waals surface area contributed by atoms with E-state index in [9.17, 15) is 9.59 Å². The van der Waals surface area contributed by atoms with Crippen molar-refractivity contribution in [1.82, 2.24) is 5.32 Å². The van der Waals surface area contributed by atoms with Crippen LogP contribution in [-0.4, -0.2) is 32.0 Å². The van der Waals surface area contributed by atoms with Crippen LogP contribution in [0.2, 0.25) is 0 Å². The van der Waals surface area contributed by atoms with Crippen molar-refractivity contribution in [3.05, 3.63) is 59.7 Å². The van der Waals surface area contributed by atoms with Gasteiger partial charge in [-0.1, -0.05) is 44.2 Å². The van der Waals surface area contributed by atoms with Gasteiger partial charge in [0.2, 0.25) is 11.8 Å². The number of hydrogen-bond donors (Lipinski definition) is 1. The summed E-state index contributed by atoms with van der Waals surface area (Å²) in [5.41, 5.74) is 3.20. The van der Waals surface area contributed by atoms with E-state index in [2.05, 4.69) is 25.2 Å². The number of ether oxygens (including phenoxy) is 1. The van der Waals surface area contributed by atoms with E-state index in [0.29, 0.717) is 19.0 Å². The molecule has 0 saturated carbocycles. The first-order valence-corrected chi connectivity index (χ1v) is 9.79. The fourth-order valence-electron chi connectivity index (χ4n) is 3.60. The Hall–Kier alpha value is -2.82. The molecule has 5 heteroatoms. The Morgan fingerprint density at radius 1 is 1.18 bits per heavy atom. The molecule has 0 bridgehead atoms. The van der Waals surface area contributed by atoms with E-state index in [1.165, 1.54) is 0 Å². The van der Waals surface area contributed by atoms with Crippen LogP contribution in [0.1, 0.15) is 37.3 Å². The van der Waals surface area contributed by atoms with Gasteiger partial charge in [-0.15, -0.1) is 0 Å². The lowest BCUT2D eigenvalue weighted by atomic mass is 10.0. The van der Waals surface area contributed by atoms with Crippen LogP contribution >= 0.6 is 0 Å². The largest absolute Gasteiger partial charge is 0.497 e. The Kier molecular flexibility index (Phi) is 6.34. The second-order valence-corrected chi connectivity index (χ2v) is 7.51. The molecule has 1 unspecified atom stereocenters. The highest BCUT2D eigenvalue weighted by molar-refractivity contribution is 6.00. The van der Waals surface area contributed by atoms with Crippen LogP contribution in [0.5, 0.6) is 5.75 Å². The fourth-order valence-corrected chi connectivity index (χ4v) is 3.60. The number of nitrogens with one attached hydrogen (secondary N) is 1. The molecule has 28 heavy (non-hydrogen) atoms. The predicted octanol–water partition coefficient (Wildman–Crippen LogP) is 3.53. The molecule has 1 fully saturated rings. The Bertz CT molecular complexity index is 830. The number of methoxy groups -OCH3 is 1. The molecule has 1 aliphatic heterocycles. The van der Waals surface area contributed by atoms with Crippen molar-refractivity contribution in [2.45, 2.75) is 32.6 Å². The van der Waals surface area contributed by atoms with Gasteiger partial charge in [-0.25, -0.2) is 0 Å². The maximum Gasteiger partial charge on any atom is 0.227 e. The average molecular weight is 380 g/mol. The molecule has 0 aliphatic carbocycles. The van der Waals surface area contributed by atoms with Crippen molar-refractivity contribution in [1.29, 1.82) is 0 Å². The first-order valence-electron chi connectivity index (χ1n) is 9.79. The van der Waals surface area contributed by atoms with Gasteiger partial charge in [0.15, 0.2) is 0 Å². The summed E-state index contributed by atoms with van der Waals surface area (Å²) in [6.45, 7) is 5.22. The number of para-hydroxylation sites is 1. The van der Waals surface area contributed by atoms with Crippen LogP contribution in [0.3, 0.4) is 0 Å². The highest BCUT2D eigenvalue weighted by atomic mass is 16.5. The Morgan fingerprint density at radius 3 is 2.57 bits per heavy atom. The Balaban J connectivity index is 1.56. The maximum absolute atomic E-state index is 12.6. The molecule has 1 saturated heterocycles. The maximum atomic E-state index is 12.6. The summed E-state index contributed by atoms with van der Waals surface area (Å²) in [5.74, 6) is 0.804. The van der Waals surface area contributed by atoms with Gasteiger partial charge >= 0.3 is 0 Å². The molecule has 1 N–H and O–H groups in total. The lowest BCUT2D eigenvalue weighted by Crippen LogP contribution is -2.34. The van der Waals surface area contributed by atoms with Crippen LogP contribution in [0.4, 0.5) is 5.69 Å². The minimum absolute atomic E-state index is 0.0170. The molecule has 1 atom stereocenters. The zero-order chi connectivity index (χ0) is 20.1. The van der Waals surface area contributed by atoms with E-state index in [1.807, 2.05) is 42.5 Å². The summed E-state index contributed by atoms with van der Waals surface area (Å²) >= 11 is 0. The van der Waals surface area contributed by atoms with Gasteiger partial charge in [-0.05, 0) is 41.7 Å². The molecule has 1 heterocycles. The van der Waals surface area contributed by atoms with Gasteiger partial charge in [0.05, 0.1) is 13.0 Å². The highest BCUT2D eigenvalue weighted by Gasteiger charge is 2.35. The van der Waals surface area contributed by atoms with Crippen molar-refractivity contribution >= 4 is 17.5 Å². The van der Waals surface area contributed by atoms with Gasteiger partial charge in [0, 0.05) is 25.2 Å². The molecule has 5 nitrogen and oxygen atoms in total. The minimum Gasteiger partial charge on any atom is -0.497 e. The third-order valence-corrected chi connectivity index (χ3v) is 5.22. The van der Waals surface area contributed by atoms with Crippen LogP contribution in [0.25, 0.3) is 0 Å². The molecule has 3 rings (SSSR count). The number of nitrogens with zero attached hydrogens (tertiary/aromatic N) is 1. The van der Waals surface area contributed by atoms with Crippen molar-refractivity contribution in [2.24, 2.45) is 5.92 Å². The van der Waals surface area contributed by atoms with Crippen LogP contribution in [0.15, 0.2) is 48.5 Å². The van der Waals surface area contributed by atoms with Crippen molar-refractivity contribution in [3.63, 3.8) is 0 Å². The van der Waals surface area contributed by atoms with Crippen LogP contribution in [0, 0.1) is 5.92 Å². The molecule has 1 aliphatic rings. The van der Waals surface area contributed by atoms with Gasteiger partial charge in [0.1, 0.15) is 5.75 Å². The summed E-state index contributed by atoms with van der Waals surface area (Å²) in [6, 6.07) is 15.8. The average Bonchev–Trinajstić information content (AvgIpc) is 3.10.